The van der Waals surface area contributed by atoms with E-state index in [4.69, 9.17) is 9.47 Å². The van der Waals surface area contributed by atoms with Crippen LogP contribution in [0.15, 0.2) is 54.1 Å². The van der Waals surface area contributed by atoms with Gasteiger partial charge in [-0.3, -0.25) is 4.79 Å². The van der Waals surface area contributed by atoms with Crippen LogP contribution in [0.1, 0.15) is 36.2 Å². The minimum Gasteiger partial charge on any atom is -0.494 e. The Balaban J connectivity index is 1.62. The van der Waals surface area contributed by atoms with E-state index in [9.17, 15) is 4.79 Å². The molecule has 0 aromatic heterocycles. The highest BCUT2D eigenvalue weighted by Gasteiger charge is 2.22. The Morgan fingerprint density at radius 2 is 1.93 bits per heavy atom. The van der Waals surface area contributed by atoms with Crippen molar-refractivity contribution in [3.63, 3.8) is 0 Å². The number of benzene rings is 2. The van der Waals surface area contributed by atoms with Gasteiger partial charge in [0.1, 0.15) is 18.1 Å². The van der Waals surface area contributed by atoms with Crippen LogP contribution in [0.5, 0.6) is 11.5 Å². The topological polar surface area (TPSA) is 38.8 Å². The maximum atomic E-state index is 12.7. The van der Waals surface area contributed by atoms with Gasteiger partial charge in [-0.05, 0) is 55.4 Å². The van der Waals surface area contributed by atoms with Gasteiger partial charge in [0.15, 0.2) is 5.78 Å². The summed E-state index contributed by atoms with van der Waals surface area (Å²) < 4.78 is 11.6. The molecule has 0 unspecified atom stereocenters. The molecule has 0 bridgehead atoms. The standard InChI is InChI=1S/C23H27NO3/c1-3-24(4-2)13-8-14-26-20-10-7-9-18(16-20)15-19-17-27-22-12-6-5-11-21(22)23(19)25/h5-7,9-12,15-16H,3-4,8,13-14,17H2,1-2H3/b19-15+. The Labute approximate surface area is 161 Å². The van der Waals surface area contributed by atoms with E-state index in [-0.39, 0.29) is 5.78 Å². The van der Waals surface area contributed by atoms with E-state index >= 15 is 0 Å². The highest BCUT2D eigenvalue weighted by atomic mass is 16.5. The SMILES string of the molecule is CCN(CC)CCCOc1cccc(/C=C2\COc3ccccc3C2=O)c1. The number of hydrogen-bond acceptors (Lipinski definition) is 4. The summed E-state index contributed by atoms with van der Waals surface area (Å²) >= 11 is 0. The van der Waals surface area contributed by atoms with Crippen LogP contribution in [0.25, 0.3) is 6.08 Å². The van der Waals surface area contributed by atoms with Crippen LogP contribution in [0, 0.1) is 0 Å². The number of ketones is 1. The fourth-order valence-electron chi connectivity index (χ4n) is 3.19. The van der Waals surface area contributed by atoms with E-state index in [0.717, 1.165) is 37.4 Å². The fourth-order valence-corrected chi connectivity index (χ4v) is 3.19. The van der Waals surface area contributed by atoms with Gasteiger partial charge in [-0.1, -0.05) is 38.1 Å². The molecule has 3 rings (SSSR count). The van der Waals surface area contributed by atoms with Crippen LogP contribution in [0.4, 0.5) is 0 Å². The van der Waals surface area contributed by atoms with Crippen molar-refractivity contribution in [1.29, 1.82) is 0 Å². The van der Waals surface area contributed by atoms with E-state index in [2.05, 4.69) is 18.7 Å². The van der Waals surface area contributed by atoms with Crippen molar-refractivity contribution in [2.24, 2.45) is 0 Å². The third-order valence-corrected chi connectivity index (χ3v) is 4.79. The van der Waals surface area contributed by atoms with Crippen LogP contribution in [-0.2, 0) is 0 Å². The van der Waals surface area contributed by atoms with E-state index < -0.39 is 0 Å². The largest absolute Gasteiger partial charge is 0.494 e. The highest BCUT2D eigenvalue weighted by molar-refractivity contribution is 6.14. The van der Waals surface area contributed by atoms with Gasteiger partial charge in [0, 0.05) is 12.1 Å². The van der Waals surface area contributed by atoms with Gasteiger partial charge in [0.25, 0.3) is 0 Å². The Morgan fingerprint density at radius 1 is 1.11 bits per heavy atom. The summed E-state index contributed by atoms with van der Waals surface area (Å²) in [6.45, 7) is 8.52. The highest BCUT2D eigenvalue weighted by Crippen LogP contribution is 2.28. The summed E-state index contributed by atoms with van der Waals surface area (Å²) in [7, 11) is 0. The third-order valence-electron chi connectivity index (χ3n) is 4.79. The Morgan fingerprint density at radius 3 is 2.74 bits per heavy atom. The van der Waals surface area contributed by atoms with Gasteiger partial charge in [0.2, 0.25) is 0 Å². The van der Waals surface area contributed by atoms with E-state index in [1.165, 1.54) is 0 Å². The number of carbonyl (C=O) groups excluding carboxylic acids is 1. The lowest BCUT2D eigenvalue weighted by Crippen LogP contribution is -2.25. The summed E-state index contributed by atoms with van der Waals surface area (Å²) in [5, 5.41) is 0. The van der Waals surface area contributed by atoms with Crippen molar-refractivity contribution in [2.45, 2.75) is 20.3 Å². The number of ether oxygens (including phenoxy) is 2. The van der Waals surface area contributed by atoms with Crippen molar-refractivity contribution in [2.75, 3.05) is 32.8 Å². The molecule has 1 heterocycles. The molecule has 0 saturated heterocycles. The smallest absolute Gasteiger partial charge is 0.196 e. The molecule has 0 amide bonds. The Bertz CT molecular complexity index is 809. The summed E-state index contributed by atoms with van der Waals surface area (Å²) in [5.74, 6) is 1.51. The lowest BCUT2D eigenvalue weighted by molar-refractivity contribution is 0.100. The third kappa shape index (κ3) is 4.98. The molecule has 1 aliphatic heterocycles. The van der Waals surface area contributed by atoms with Gasteiger partial charge in [-0.2, -0.15) is 0 Å². The molecule has 0 radical (unpaired) electrons. The molecule has 0 aliphatic carbocycles. The van der Waals surface area contributed by atoms with Crippen molar-refractivity contribution in [3.05, 3.63) is 65.2 Å². The molecular weight excluding hydrogens is 338 g/mol. The quantitative estimate of drug-likeness (QED) is 0.511. The summed E-state index contributed by atoms with van der Waals surface area (Å²) in [6.07, 6.45) is 2.89. The van der Waals surface area contributed by atoms with Crippen LogP contribution >= 0.6 is 0 Å². The van der Waals surface area contributed by atoms with Gasteiger partial charge < -0.3 is 14.4 Å². The molecular formula is C23H27NO3. The first kappa shape index (κ1) is 19.2. The van der Waals surface area contributed by atoms with E-state index in [1.54, 1.807) is 6.07 Å². The molecule has 2 aromatic rings. The average Bonchev–Trinajstić information content (AvgIpc) is 2.71. The molecule has 4 nitrogen and oxygen atoms in total. The molecule has 142 valence electrons. The van der Waals surface area contributed by atoms with Gasteiger partial charge in [0.05, 0.1) is 12.2 Å². The lowest BCUT2D eigenvalue weighted by Gasteiger charge is -2.18. The summed E-state index contributed by atoms with van der Waals surface area (Å²) in [6, 6.07) is 15.2. The van der Waals surface area contributed by atoms with E-state index in [1.807, 2.05) is 48.5 Å². The van der Waals surface area contributed by atoms with Crippen molar-refractivity contribution in [3.8, 4) is 11.5 Å². The van der Waals surface area contributed by atoms with Crippen molar-refractivity contribution < 1.29 is 14.3 Å². The normalized spacial score (nSPS) is 14.9. The molecule has 0 spiro atoms. The predicted molar refractivity (Wildman–Crippen MR) is 109 cm³/mol. The zero-order chi connectivity index (χ0) is 19.1. The first-order valence-corrected chi connectivity index (χ1v) is 9.63. The number of Topliss-reactive ketones (excluding diaryl/α,β-unsaturated/α-hetero) is 1. The van der Waals surface area contributed by atoms with E-state index in [0.29, 0.717) is 30.1 Å². The monoisotopic (exact) mass is 365 g/mol. The lowest BCUT2D eigenvalue weighted by atomic mass is 9.98. The summed E-state index contributed by atoms with van der Waals surface area (Å²) in [4.78, 5) is 15.0. The number of rotatable bonds is 8. The molecule has 4 heteroatoms. The predicted octanol–water partition coefficient (Wildman–Crippen LogP) is 4.46. The van der Waals surface area contributed by atoms with Crippen LogP contribution in [0.3, 0.4) is 0 Å². The van der Waals surface area contributed by atoms with Crippen molar-refractivity contribution in [1.82, 2.24) is 4.90 Å². The van der Waals surface area contributed by atoms with Crippen LogP contribution in [-0.4, -0.2) is 43.5 Å². The average molecular weight is 365 g/mol. The van der Waals surface area contributed by atoms with Gasteiger partial charge in [-0.15, -0.1) is 0 Å². The molecule has 1 aliphatic rings. The number of hydrogen-bond donors (Lipinski definition) is 0. The maximum absolute atomic E-state index is 12.7. The molecule has 2 aromatic carbocycles. The molecule has 27 heavy (non-hydrogen) atoms. The summed E-state index contributed by atoms with van der Waals surface area (Å²) in [5.41, 5.74) is 2.23. The second-order valence-corrected chi connectivity index (χ2v) is 6.58. The maximum Gasteiger partial charge on any atom is 0.196 e. The number of para-hydroxylation sites is 1. The molecule has 0 fully saturated rings. The second kappa shape index (κ2) is 9.38. The molecule has 0 atom stereocenters. The zero-order valence-corrected chi connectivity index (χ0v) is 16.1. The first-order valence-electron chi connectivity index (χ1n) is 9.63. The second-order valence-electron chi connectivity index (χ2n) is 6.58. The van der Waals surface area contributed by atoms with Gasteiger partial charge >= 0.3 is 0 Å². The van der Waals surface area contributed by atoms with Crippen LogP contribution < -0.4 is 9.47 Å². The number of nitrogens with zero attached hydrogens (tertiary/aromatic N) is 1. The fraction of sp³-hybridized carbons (Fsp3) is 0.348. The zero-order valence-electron chi connectivity index (χ0n) is 16.1. The first-order chi connectivity index (χ1) is 13.2. The minimum absolute atomic E-state index is 0.0300. The van der Waals surface area contributed by atoms with Gasteiger partial charge in [-0.25, -0.2) is 0 Å². The number of carbonyl (C=O) groups is 1. The Kier molecular flexibility index (Phi) is 6.66. The minimum atomic E-state index is 0.0300. The molecule has 0 saturated carbocycles. The van der Waals surface area contributed by atoms with Crippen LogP contribution in [0.2, 0.25) is 0 Å². The Hall–Kier alpha value is -2.59. The van der Waals surface area contributed by atoms with Crippen molar-refractivity contribution >= 4 is 11.9 Å². The molecule has 0 N–H and O–H groups in total. The number of fused-ring (bicyclic) bond motifs is 1.